The minimum atomic E-state index is -4.60. The molecule has 0 saturated carbocycles. The van der Waals surface area contributed by atoms with Gasteiger partial charge in [0.05, 0.1) is 0 Å². The van der Waals surface area contributed by atoms with E-state index < -0.39 is 23.0 Å². The van der Waals surface area contributed by atoms with Gasteiger partial charge in [-0.15, -0.1) is 0 Å². The zero-order valence-corrected chi connectivity index (χ0v) is 6.37. The Hall–Kier alpha value is -0.740. The molecular weight excluding hydrogens is 180 g/mol. The lowest BCUT2D eigenvalue weighted by Gasteiger charge is -1.91. The van der Waals surface area contributed by atoms with Crippen molar-refractivity contribution in [2.45, 2.75) is 0 Å². The molecule has 8 N–H and O–H groups in total. The van der Waals surface area contributed by atoms with Crippen molar-refractivity contribution in [1.29, 1.82) is 0 Å². The lowest BCUT2D eigenvalue weighted by Crippen LogP contribution is -2.12. The monoisotopic (exact) mass is 190 g/mol. The summed E-state index contributed by atoms with van der Waals surface area (Å²) in [5.41, 5.74) is 0. The van der Waals surface area contributed by atoms with Crippen LogP contribution in [0, 0.1) is 0 Å². The maximum atomic E-state index is 9.61. The second kappa shape index (κ2) is 6.00. The van der Waals surface area contributed by atoms with E-state index in [4.69, 9.17) is 9.66 Å². The normalized spacial score (nSPS) is 9.18. The van der Waals surface area contributed by atoms with Crippen LogP contribution in [0.4, 0.5) is 0 Å². The van der Waals surface area contributed by atoms with Crippen LogP contribution in [0.2, 0.25) is 0 Å². The molecular formula is C2H10N2O6S. The van der Waals surface area contributed by atoms with E-state index in [1.807, 2.05) is 0 Å². The van der Waals surface area contributed by atoms with Crippen LogP contribution in [0.3, 0.4) is 0 Å². The maximum absolute atomic E-state index is 9.61. The molecule has 8 nitrogen and oxygen atoms in total. The van der Waals surface area contributed by atoms with Gasteiger partial charge in [-0.25, -0.2) is 8.98 Å². The molecule has 0 saturated heterocycles. The van der Waals surface area contributed by atoms with E-state index >= 15 is 0 Å². The highest BCUT2D eigenvalue weighted by Gasteiger charge is 2.06. The largest absolute Gasteiger partial charge is 0.479 e. The molecule has 9 heteroatoms. The van der Waals surface area contributed by atoms with Crippen LogP contribution in [-0.2, 0) is 19.4 Å². The average molecular weight is 190 g/mol. The fourth-order valence-corrected chi connectivity index (χ4v) is 0.375. The van der Waals surface area contributed by atoms with Gasteiger partial charge in [0.1, 0.15) is 0 Å². The van der Waals surface area contributed by atoms with E-state index in [0.717, 1.165) is 0 Å². The first-order valence-corrected chi connectivity index (χ1v) is 3.12. The van der Waals surface area contributed by atoms with Crippen molar-refractivity contribution in [2.24, 2.45) is 0 Å². The Morgan fingerprint density at radius 3 is 1.82 bits per heavy atom. The standard InChI is InChI=1S/C2H4O6S.2H3N/c3-2(4)1-8-9(5,6)7;;/h1H2,(H,3,4)(H,5,6,7);2*1H3. The first-order valence-electron chi connectivity index (χ1n) is 1.75. The van der Waals surface area contributed by atoms with E-state index in [0.29, 0.717) is 0 Å². The van der Waals surface area contributed by atoms with E-state index in [-0.39, 0.29) is 12.3 Å². The van der Waals surface area contributed by atoms with Crippen LogP contribution in [0.1, 0.15) is 0 Å². The number of rotatable bonds is 3. The fourth-order valence-electron chi connectivity index (χ4n) is 0.125. The van der Waals surface area contributed by atoms with Gasteiger partial charge in [0, 0.05) is 0 Å². The summed E-state index contributed by atoms with van der Waals surface area (Å²) in [7, 11) is -4.60. The molecule has 0 spiro atoms. The predicted octanol–water partition coefficient (Wildman–Crippen LogP) is -0.786. The Balaban J connectivity index is -0.000000320. The average Bonchev–Trinajstić information content (AvgIpc) is 1.59. The molecule has 0 rings (SSSR count). The lowest BCUT2D eigenvalue weighted by molar-refractivity contribution is -0.139. The number of aliphatic carboxylic acids is 1. The molecule has 0 fully saturated rings. The van der Waals surface area contributed by atoms with Crippen LogP contribution in [0.5, 0.6) is 0 Å². The SMILES string of the molecule is N.N.O=C(O)COS(=O)(=O)O. The second-order valence-electron chi connectivity index (χ2n) is 1.08. The summed E-state index contributed by atoms with van der Waals surface area (Å²) in [6.07, 6.45) is 0. The van der Waals surface area contributed by atoms with Crippen molar-refractivity contribution in [3.05, 3.63) is 0 Å². The van der Waals surface area contributed by atoms with Crippen molar-refractivity contribution in [3.63, 3.8) is 0 Å². The molecule has 0 aromatic rings. The number of hydrogen-bond acceptors (Lipinski definition) is 6. The third-order valence-electron chi connectivity index (χ3n) is 0.331. The summed E-state index contributed by atoms with van der Waals surface area (Å²) in [5, 5.41) is 7.78. The van der Waals surface area contributed by atoms with Crippen molar-refractivity contribution in [2.75, 3.05) is 6.61 Å². The lowest BCUT2D eigenvalue weighted by atomic mass is 10.8. The van der Waals surface area contributed by atoms with Gasteiger partial charge in [-0.05, 0) is 0 Å². The molecule has 0 radical (unpaired) electrons. The molecule has 11 heavy (non-hydrogen) atoms. The van der Waals surface area contributed by atoms with Crippen molar-refractivity contribution in [1.82, 2.24) is 12.3 Å². The van der Waals surface area contributed by atoms with Crippen molar-refractivity contribution >= 4 is 16.4 Å². The van der Waals surface area contributed by atoms with Crippen LogP contribution in [-0.4, -0.2) is 30.7 Å². The van der Waals surface area contributed by atoms with Gasteiger partial charge in [0.2, 0.25) is 0 Å². The number of hydrogen-bond donors (Lipinski definition) is 4. The second-order valence-corrected chi connectivity index (χ2v) is 2.17. The summed E-state index contributed by atoms with van der Waals surface area (Å²) >= 11 is 0. The molecule has 0 aliphatic carbocycles. The summed E-state index contributed by atoms with van der Waals surface area (Å²) in [6, 6.07) is 0. The first-order chi connectivity index (χ1) is 3.92. The Bertz CT molecular complexity index is 197. The van der Waals surface area contributed by atoms with Crippen molar-refractivity contribution < 1.29 is 27.1 Å². The highest BCUT2D eigenvalue weighted by atomic mass is 32.3. The number of carboxylic acid groups (broad SMARTS) is 1. The van der Waals surface area contributed by atoms with Gasteiger partial charge in [-0.1, -0.05) is 0 Å². The summed E-state index contributed by atoms with van der Waals surface area (Å²) in [6.45, 7) is -1.06. The Morgan fingerprint density at radius 2 is 1.73 bits per heavy atom. The van der Waals surface area contributed by atoms with Crippen LogP contribution in [0.15, 0.2) is 0 Å². The number of carbonyl (C=O) groups is 1. The molecule has 0 aliphatic heterocycles. The minimum Gasteiger partial charge on any atom is -0.479 e. The van der Waals surface area contributed by atoms with E-state index in [9.17, 15) is 13.2 Å². The molecule has 0 unspecified atom stereocenters. The zero-order valence-electron chi connectivity index (χ0n) is 5.56. The zero-order chi connectivity index (χ0) is 7.49. The topological polar surface area (TPSA) is 171 Å². The smallest absolute Gasteiger partial charge is 0.397 e. The Labute approximate surface area is 63.3 Å². The number of carboxylic acids is 1. The van der Waals surface area contributed by atoms with E-state index in [1.54, 1.807) is 0 Å². The molecule has 70 valence electrons. The van der Waals surface area contributed by atoms with Crippen LogP contribution < -0.4 is 12.3 Å². The minimum absolute atomic E-state index is 0. The highest BCUT2D eigenvalue weighted by Crippen LogP contribution is 1.83. The molecule has 0 amide bonds. The molecule has 0 aromatic heterocycles. The van der Waals surface area contributed by atoms with Crippen molar-refractivity contribution in [3.8, 4) is 0 Å². The Kier molecular flexibility index (Phi) is 9.11. The fraction of sp³-hybridized carbons (Fsp3) is 0.500. The third kappa shape index (κ3) is 17.6. The Morgan fingerprint density at radius 1 is 1.36 bits per heavy atom. The van der Waals surface area contributed by atoms with Gasteiger partial charge in [0.25, 0.3) is 0 Å². The maximum Gasteiger partial charge on any atom is 0.397 e. The quantitative estimate of drug-likeness (QED) is 0.419. The van der Waals surface area contributed by atoms with Gasteiger partial charge < -0.3 is 17.4 Å². The molecule has 0 aliphatic rings. The summed E-state index contributed by atoms with van der Waals surface area (Å²) < 4.78 is 30.4. The predicted molar refractivity (Wildman–Crippen MR) is 35.2 cm³/mol. The van der Waals surface area contributed by atoms with E-state index in [1.165, 1.54) is 0 Å². The highest BCUT2D eigenvalue weighted by molar-refractivity contribution is 7.80. The van der Waals surface area contributed by atoms with Crippen LogP contribution in [0.25, 0.3) is 0 Å². The first kappa shape index (κ1) is 16.7. The van der Waals surface area contributed by atoms with Gasteiger partial charge in [-0.3, -0.25) is 4.55 Å². The van der Waals surface area contributed by atoms with Crippen LogP contribution >= 0.6 is 0 Å². The summed E-state index contributed by atoms with van der Waals surface area (Å²) in [5.74, 6) is -1.47. The van der Waals surface area contributed by atoms with Gasteiger partial charge in [0.15, 0.2) is 6.61 Å². The molecule has 0 atom stereocenters. The molecule has 0 heterocycles. The third-order valence-corrected chi connectivity index (χ3v) is 0.747. The van der Waals surface area contributed by atoms with Gasteiger partial charge in [-0.2, -0.15) is 8.42 Å². The molecule has 0 aromatic carbocycles. The van der Waals surface area contributed by atoms with E-state index in [2.05, 4.69) is 4.18 Å². The summed E-state index contributed by atoms with van der Waals surface area (Å²) in [4.78, 5) is 9.55. The van der Waals surface area contributed by atoms with Gasteiger partial charge >= 0.3 is 16.4 Å². The molecule has 0 bridgehead atoms.